The molecular formula is C16H31NO4. The Balaban J connectivity index is 1.72. The van der Waals surface area contributed by atoms with Crippen molar-refractivity contribution in [2.75, 3.05) is 39.5 Å². The molecule has 0 N–H and O–H groups in total. The van der Waals surface area contributed by atoms with Crippen LogP contribution in [0.3, 0.4) is 0 Å². The first-order valence-electron chi connectivity index (χ1n) is 8.06. The van der Waals surface area contributed by atoms with Crippen LogP contribution in [0.15, 0.2) is 0 Å². The number of hydrogen-bond acceptors (Lipinski definition) is 5. The fourth-order valence-electron chi connectivity index (χ4n) is 2.22. The minimum Gasteiger partial charge on any atom is -0.374 e. The molecule has 4 atom stereocenters. The van der Waals surface area contributed by atoms with E-state index in [1.807, 2.05) is 0 Å². The Morgan fingerprint density at radius 3 is 1.62 bits per heavy atom. The van der Waals surface area contributed by atoms with E-state index in [0.29, 0.717) is 25.4 Å². The summed E-state index contributed by atoms with van der Waals surface area (Å²) in [6.07, 6.45) is 1.06. The predicted molar refractivity (Wildman–Crippen MR) is 81.6 cm³/mol. The summed E-state index contributed by atoms with van der Waals surface area (Å²) in [6, 6.07) is 0. The largest absolute Gasteiger partial charge is 0.374 e. The van der Waals surface area contributed by atoms with E-state index < -0.39 is 0 Å². The van der Waals surface area contributed by atoms with Crippen LogP contribution in [-0.4, -0.2) is 74.4 Å². The summed E-state index contributed by atoms with van der Waals surface area (Å²) in [6.45, 7) is 15.9. The lowest BCUT2D eigenvalue weighted by molar-refractivity contribution is -0.0269. The zero-order valence-corrected chi connectivity index (χ0v) is 14.1. The molecule has 0 aromatic rings. The van der Waals surface area contributed by atoms with Crippen LogP contribution in [-0.2, 0) is 18.9 Å². The first kappa shape index (κ1) is 17.2. The molecule has 0 aliphatic carbocycles. The molecule has 0 spiro atoms. The maximum Gasteiger partial charge on any atom is 0.104 e. The number of ether oxygens (including phenoxy) is 4. The van der Waals surface area contributed by atoms with Crippen molar-refractivity contribution in [3.05, 3.63) is 0 Å². The van der Waals surface area contributed by atoms with Gasteiger partial charge in [-0.05, 0) is 34.6 Å². The van der Waals surface area contributed by atoms with E-state index in [-0.39, 0.29) is 17.7 Å². The first-order valence-corrected chi connectivity index (χ1v) is 8.06. The number of epoxide rings is 2. The average Bonchev–Trinajstić information content (AvgIpc) is 3.26. The monoisotopic (exact) mass is 301 g/mol. The van der Waals surface area contributed by atoms with Gasteiger partial charge < -0.3 is 18.9 Å². The van der Waals surface area contributed by atoms with E-state index in [0.717, 1.165) is 26.3 Å². The molecule has 2 rings (SSSR count). The molecule has 2 saturated heterocycles. The summed E-state index contributed by atoms with van der Waals surface area (Å²) < 4.78 is 22.1. The summed E-state index contributed by atoms with van der Waals surface area (Å²) in [7, 11) is 0. The van der Waals surface area contributed by atoms with Gasteiger partial charge in [0.25, 0.3) is 0 Å². The van der Waals surface area contributed by atoms with Gasteiger partial charge in [0.2, 0.25) is 0 Å². The molecule has 0 aromatic heterocycles. The Hall–Kier alpha value is -0.200. The quantitative estimate of drug-likeness (QED) is 0.575. The van der Waals surface area contributed by atoms with Gasteiger partial charge in [-0.25, -0.2) is 0 Å². The molecule has 0 amide bonds. The molecule has 21 heavy (non-hydrogen) atoms. The molecule has 5 heteroatoms. The molecule has 0 aromatic carbocycles. The first-order chi connectivity index (χ1) is 9.84. The summed E-state index contributed by atoms with van der Waals surface area (Å²) >= 11 is 0. The Morgan fingerprint density at radius 2 is 1.33 bits per heavy atom. The van der Waals surface area contributed by atoms with Gasteiger partial charge in [-0.3, -0.25) is 4.90 Å². The Bertz CT molecular complexity index is 286. The second kappa shape index (κ2) is 7.38. The molecule has 0 radical (unpaired) electrons. The van der Waals surface area contributed by atoms with Gasteiger partial charge in [0, 0.05) is 18.6 Å². The molecule has 5 nitrogen and oxygen atoms in total. The standard InChI is InChI=1S/C16H31NO4/c1-12(18-8-14-10-20-14)6-17(16(3,4)5)7-13(2)19-9-15-11-21-15/h12-15H,6-11H2,1-5H3. The van der Waals surface area contributed by atoms with Crippen LogP contribution in [0.5, 0.6) is 0 Å². The normalized spacial score (nSPS) is 27.7. The van der Waals surface area contributed by atoms with Crippen LogP contribution in [0.2, 0.25) is 0 Å². The van der Waals surface area contributed by atoms with Crippen molar-refractivity contribution >= 4 is 0 Å². The zero-order valence-electron chi connectivity index (χ0n) is 14.1. The molecule has 0 bridgehead atoms. The van der Waals surface area contributed by atoms with E-state index in [4.69, 9.17) is 18.9 Å². The highest BCUT2D eigenvalue weighted by Crippen LogP contribution is 2.18. The van der Waals surface area contributed by atoms with Crippen molar-refractivity contribution in [3.63, 3.8) is 0 Å². The van der Waals surface area contributed by atoms with Crippen LogP contribution in [0.4, 0.5) is 0 Å². The van der Waals surface area contributed by atoms with Gasteiger partial charge in [-0.15, -0.1) is 0 Å². The van der Waals surface area contributed by atoms with Crippen molar-refractivity contribution in [2.24, 2.45) is 0 Å². The topological polar surface area (TPSA) is 46.8 Å². The second-order valence-corrected chi connectivity index (χ2v) is 7.27. The smallest absolute Gasteiger partial charge is 0.104 e. The highest BCUT2D eigenvalue weighted by Gasteiger charge is 2.28. The SMILES string of the molecule is CC(CN(CC(C)OCC1CO1)C(C)(C)C)OCC1CO1. The van der Waals surface area contributed by atoms with Gasteiger partial charge in [0.05, 0.1) is 38.6 Å². The van der Waals surface area contributed by atoms with Crippen LogP contribution < -0.4 is 0 Å². The van der Waals surface area contributed by atoms with Crippen LogP contribution >= 0.6 is 0 Å². The van der Waals surface area contributed by atoms with Crippen molar-refractivity contribution in [1.82, 2.24) is 4.90 Å². The van der Waals surface area contributed by atoms with Crippen LogP contribution in [0, 0.1) is 0 Å². The molecular weight excluding hydrogens is 270 g/mol. The highest BCUT2D eigenvalue weighted by molar-refractivity contribution is 4.80. The minimum atomic E-state index is 0.0986. The second-order valence-electron chi connectivity index (χ2n) is 7.27. The summed E-state index contributed by atoms with van der Waals surface area (Å²) in [5, 5.41) is 0. The maximum absolute atomic E-state index is 5.85. The van der Waals surface area contributed by atoms with E-state index in [1.165, 1.54) is 0 Å². The molecule has 2 aliphatic heterocycles. The van der Waals surface area contributed by atoms with E-state index in [9.17, 15) is 0 Å². The van der Waals surface area contributed by atoms with E-state index in [2.05, 4.69) is 39.5 Å². The minimum absolute atomic E-state index is 0.0986. The third kappa shape index (κ3) is 7.06. The lowest BCUT2D eigenvalue weighted by Gasteiger charge is -2.38. The van der Waals surface area contributed by atoms with Crippen molar-refractivity contribution in [2.45, 2.75) is 64.6 Å². The molecule has 124 valence electrons. The number of hydrogen-bond donors (Lipinski definition) is 0. The third-order valence-electron chi connectivity index (χ3n) is 3.84. The van der Waals surface area contributed by atoms with Crippen molar-refractivity contribution in [1.29, 1.82) is 0 Å². The van der Waals surface area contributed by atoms with Gasteiger partial charge in [0.1, 0.15) is 12.2 Å². The Kier molecular flexibility index (Phi) is 6.03. The van der Waals surface area contributed by atoms with E-state index in [1.54, 1.807) is 0 Å². The molecule has 4 unspecified atom stereocenters. The molecule has 0 saturated carbocycles. The predicted octanol–water partition coefficient (Wildman–Crippen LogP) is 1.69. The van der Waals surface area contributed by atoms with Crippen molar-refractivity contribution in [3.8, 4) is 0 Å². The van der Waals surface area contributed by atoms with Crippen molar-refractivity contribution < 1.29 is 18.9 Å². The van der Waals surface area contributed by atoms with Gasteiger partial charge >= 0.3 is 0 Å². The lowest BCUT2D eigenvalue weighted by atomic mass is 10.0. The average molecular weight is 301 g/mol. The summed E-state index contributed by atoms with van der Waals surface area (Å²) in [5.41, 5.74) is 0.0986. The molecule has 2 fully saturated rings. The number of nitrogens with zero attached hydrogens (tertiary/aromatic N) is 1. The molecule has 2 heterocycles. The lowest BCUT2D eigenvalue weighted by Crippen LogP contribution is -2.49. The van der Waals surface area contributed by atoms with E-state index >= 15 is 0 Å². The molecule has 2 aliphatic rings. The zero-order chi connectivity index (χ0) is 15.5. The third-order valence-corrected chi connectivity index (χ3v) is 3.84. The number of rotatable bonds is 10. The van der Waals surface area contributed by atoms with Crippen LogP contribution in [0.1, 0.15) is 34.6 Å². The van der Waals surface area contributed by atoms with Crippen LogP contribution in [0.25, 0.3) is 0 Å². The maximum atomic E-state index is 5.85. The van der Waals surface area contributed by atoms with Gasteiger partial charge in [-0.1, -0.05) is 0 Å². The summed E-state index contributed by atoms with van der Waals surface area (Å²) in [5.74, 6) is 0. The van der Waals surface area contributed by atoms with Gasteiger partial charge in [-0.2, -0.15) is 0 Å². The fourth-order valence-corrected chi connectivity index (χ4v) is 2.22. The highest BCUT2D eigenvalue weighted by atomic mass is 16.6. The van der Waals surface area contributed by atoms with Gasteiger partial charge in [0.15, 0.2) is 0 Å². The fraction of sp³-hybridized carbons (Fsp3) is 1.00. The Morgan fingerprint density at radius 1 is 0.952 bits per heavy atom. The summed E-state index contributed by atoms with van der Waals surface area (Å²) in [4.78, 5) is 2.43. The Labute approximate surface area is 128 Å².